The van der Waals surface area contributed by atoms with Crippen molar-refractivity contribution in [3.05, 3.63) is 102 Å². The van der Waals surface area contributed by atoms with Crippen LogP contribution >= 0.6 is 0 Å². The average molecular weight is 384 g/mol. The van der Waals surface area contributed by atoms with E-state index in [1.807, 2.05) is 91.9 Å². The topological polar surface area (TPSA) is 49.4 Å². The van der Waals surface area contributed by atoms with Crippen LogP contribution in [0, 0.1) is 12.8 Å². The molecule has 0 radical (unpaired) electrons. The maximum Gasteiger partial charge on any atom is 0.227 e. The van der Waals surface area contributed by atoms with E-state index in [0.717, 1.165) is 22.4 Å². The molecule has 1 fully saturated rings. The van der Waals surface area contributed by atoms with Gasteiger partial charge in [0.05, 0.1) is 12.0 Å². The van der Waals surface area contributed by atoms with E-state index < -0.39 is 0 Å². The highest BCUT2D eigenvalue weighted by Gasteiger charge is 2.36. The number of rotatable bonds is 5. The number of anilines is 1. The molecule has 0 aliphatic carbocycles. The molecule has 1 aliphatic rings. The summed E-state index contributed by atoms with van der Waals surface area (Å²) in [4.78, 5) is 27.5. The van der Waals surface area contributed by atoms with Crippen molar-refractivity contribution in [2.24, 2.45) is 5.92 Å². The Balaban J connectivity index is 1.54. The van der Waals surface area contributed by atoms with Crippen LogP contribution in [0.3, 0.4) is 0 Å². The first-order valence-corrected chi connectivity index (χ1v) is 9.90. The number of para-hydroxylation sites is 1. The fourth-order valence-electron chi connectivity index (χ4n) is 3.89. The molecular formula is C25H24N2O2. The second-order valence-corrected chi connectivity index (χ2v) is 7.45. The van der Waals surface area contributed by atoms with Crippen LogP contribution in [0.1, 0.15) is 29.2 Å². The quantitative estimate of drug-likeness (QED) is 0.715. The van der Waals surface area contributed by atoms with Crippen LogP contribution in [-0.4, -0.2) is 18.4 Å². The standard InChI is InChI=1S/C25H24N2O2/c1-18-10-8-9-15-22(18)27-17-21(16-23(27)28)25(29)26-24(19-11-4-2-5-12-19)20-13-6-3-7-14-20/h2-15,21,24H,16-17H2,1H3,(H,26,29). The predicted molar refractivity (Wildman–Crippen MR) is 115 cm³/mol. The highest BCUT2D eigenvalue weighted by atomic mass is 16.2. The third kappa shape index (κ3) is 4.06. The Kier molecular flexibility index (Phi) is 5.43. The monoisotopic (exact) mass is 384 g/mol. The van der Waals surface area contributed by atoms with Gasteiger partial charge in [-0.3, -0.25) is 9.59 Å². The highest BCUT2D eigenvalue weighted by molar-refractivity contribution is 6.00. The number of nitrogens with zero attached hydrogens (tertiary/aromatic N) is 1. The van der Waals surface area contributed by atoms with Gasteiger partial charge in [-0.25, -0.2) is 0 Å². The maximum atomic E-state index is 13.1. The molecule has 1 N–H and O–H groups in total. The summed E-state index contributed by atoms with van der Waals surface area (Å²) in [6.07, 6.45) is 0.233. The Hall–Kier alpha value is -3.40. The molecule has 4 rings (SSSR count). The Labute approximate surface area is 171 Å². The summed E-state index contributed by atoms with van der Waals surface area (Å²) >= 11 is 0. The number of benzene rings is 3. The maximum absolute atomic E-state index is 13.1. The second-order valence-electron chi connectivity index (χ2n) is 7.45. The summed E-state index contributed by atoms with van der Waals surface area (Å²) in [6.45, 7) is 2.39. The molecule has 1 heterocycles. The Morgan fingerprint density at radius 1 is 0.897 bits per heavy atom. The van der Waals surface area contributed by atoms with E-state index in [-0.39, 0.29) is 30.2 Å². The zero-order chi connectivity index (χ0) is 20.2. The van der Waals surface area contributed by atoms with Gasteiger partial charge in [0.15, 0.2) is 0 Å². The molecule has 2 amide bonds. The lowest BCUT2D eigenvalue weighted by atomic mass is 9.97. The van der Waals surface area contributed by atoms with Gasteiger partial charge >= 0.3 is 0 Å². The van der Waals surface area contributed by atoms with Gasteiger partial charge in [0, 0.05) is 18.7 Å². The van der Waals surface area contributed by atoms with Gasteiger partial charge in [-0.1, -0.05) is 78.9 Å². The summed E-state index contributed by atoms with van der Waals surface area (Å²) in [7, 11) is 0. The van der Waals surface area contributed by atoms with Gasteiger partial charge in [0.25, 0.3) is 0 Å². The number of carbonyl (C=O) groups is 2. The first-order chi connectivity index (χ1) is 14.1. The molecule has 3 aromatic carbocycles. The molecule has 146 valence electrons. The number of nitrogens with one attached hydrogen (secondary N) is 1. The fourth-order valence-corrected chi connectivity index (χ4v) is 3.89. The second kappa shape index (κ2) is 8.31. The fraction of sp³-hybridized carbons (Fsp3) is 0.200. The van der Waals surface area contributed by atoms with Gasteiger partial charge in [0.1, 0.15) is 0 Å². The Bertz CT molecular complexity index is 962. The van der Waals surface area contributed by atoms with E-state index >= 15 is 0 Å². The third-order valence-electron chi connectivity index (χ3n) is 5.45. The van der Waals surface area contributed by atoms with Crippen molar-refractivity contribution in [2.75, 3.05) is 11.4 Å². The van der Waals surface area contributed by atoms with Gasteiger partial charge in [-0.15, -0.1) is 0 Å². The summed E-state index contributed by atoms with van der Waals surface area (Å²) in [5.74, 6) is -0.459. The number of amides is 2. The van der Waals surface area contributed by atoms with Crippen molar-refractivity contribution in [1.29, 1.82) is 0 Å². The lowest BCUT2D eigenvalue weighted by Crippen LogP contribution is -2.36. The summed E-state index contributed by atoms with van der Waals surface area (Å²) in [6, 6.07) is 27.4. The van der Waals surface area contributed by atoms with E-state index in [0.29, 0.717) is 6.54 Å². The van der Waals surface area contributed by atoms with Gasteiger partial charge in [-0.05, 0) is 29.7 Å². The molecule has 0 spiro atoms. The highest BCUT2D eigenvalue weighted by Crippen LogP contribution is 2.29. The van der Waals surface area contributed by atoms with Crippen LogP contribution in [0.4, 0.5) is 5.69 Å². The van der Waals surface area contributed by atoms with Crippen molar-refractivity contribution in [3.8, 4) is 0 Å². The molecule has 3 aromatic rings. The van der Waals surface area contributed by atoms with Gasteiger partial charge < -0.3 is 10.2 Å². The summed E-state index contributed by atoms with van der Waals surface area (Å²) in [5.41, 5.74) is 3.96. The zero-order valence-electron chi connectivity index (χ0n) is 16.4. The Morgan fingerprint density at radius 3 is 2.03 bits per heavy atom. The molecule has 4 heteroatoms. The number of hydrogen-bond acceptors (Lipinski definition) is 2. The van der Waals surface area contributed by atoms with E-state index in [1.165, 1.54) is 0 Å². The van der Waals surface area contributed by atoms with Crippen LogP contribution < -0.4 is 10.2 Å². The third-order valence-corrected chi connectivity index (χ3v) is 5.45. The van der Waals surface area contributed by atoms with Crippen LogP contribution in [-0.2, 0) is 9.59 Å². The first kappa shape index (κ1) is 18.9. The number of hydrogen-bond donors (Lipinski definition) is 1. The SMILES string of the molecule is Cc1ccccc1N1CC(C(=O)NC(c2ccccc2)c2ccccc2)CC1=O. The van der Waals surface area contributed by atoms with E-state index in [1.54, 1.807) is 4.90 Å². The molecular weight excluding hydrogens is 360 g/mol. The van der Waals surface area contributed by atoms with Crippen molar-refractivity contribution < 1.29 is 9.59 Å². The van der Waals surface area contributed by atoms with Crippen LogP contribution in [0.15, 0.2) is 84.9 Å². The van der Waals surface area contributed by atoms with Crippen LogP contribution in [0.25, 0.3) is 0 Å². The van der Waals surface area contributed by atoms with Crippen molar-refractivity contribution in [3.63, 3.8) is 0 Å². The van der Waals surface area contributed by atoms with Gasteiger partial charge in [0.2, 0.25) is 11.8 Å². The molecule has 1 unspecified atom stereocenters. The molecule has 1 saturated heterocycles. The molecule has 1 aliphatic heterocycles. The van der Waals surface area contributed by atoms with Crippen LogP contribution in [0.5, 0.6) is 0 Å². The minimum absolute atomic E-state index is 0.00424. The molecule has 0 bridgehead atoms. The number of carbonyl (C=O) groups excluding carboxylic acids is 2. The minimum Gasteiger partial charge on any atom is -0.345 e. The minimum atomic E-state index is -0.364. The molecule has 1 atom stereocenters. The van der Waals surface area contributed by atoms with E-state index in [2.05, 4.69) is 5.32 Å². The predicted octanol–water partition coefficient (Wildman–Crippen LogP) is 4.25. The zero-order valence-corrected chi connectivity index (χ0v) is 16.4. The summed E-state index contributed by atoms with van der Waals surface area (Å²) in [5, 5.41) is 3.18. The summed E-state index contributed by atoms with van der Waals surface area (Å²) < 4.78 is 0. The van der Waals surface area contributed by atoms with E-state index in [4.69, 9.17) is 0 Å². The normalized spacial score (nSPS) is 16.3. The lowest BCUT2D eigenvalue weighted by Gasteiger charge is -2.22. The average Bonchev–Trinajstić information content (AvgIpc) is 3.15. The van der Waals surface area contributed by atoms with Crippen molar-refractivity contribution in [1.82, 2.24) is 5.32 Å². The lowest BCUT2D eigenvalue weighted by molar-refractivity contribution is -0.126. The van der Waals surface area contributed by atoms with E-state index in [9.17, 15) is 9.59 Å². The molecule has 0 aromatic heterocycles. The largest absolute Gasteiger partial charge is 0.345 e. The molecule has 0 saturated carbocycles. The van der Waals surface area contributed by atoms with Crippen molar-refractivity contribution >= 4 is 17.5 Å². The number of aryl methyl sites for hydroxylation is 1. The van der Waals surface area contributed by atoms with Crippen molar-refractivity contribution in [2.45, 2.75) is 19.4 Å². The molecule has 4 nitrogen and oxygen atoms in total. The molecule has 29 heavy (non-hydrogen) atoms. The van der Waals surface area contributed by atoms with Gasteiger partial charge in [-0.2, -0.15) is 0 Å². The smallest absolute Gasteiger partial charge is 0.227 e. The first-order valence-electron chi connectivity index (χ1n) is 9.90. The Morgan fingerprint density at radius 2 is 1.45 bits per heavy atom. The van der Waals surface area contributed by atoms with Crippen LogP contribution in [0.2, 0.25) is 0 Å².